The molecule has 7 heteroatoms. The number of amides is 3. The zero-order chi connectivity index (χ0) is 20.2. The monoisotopic (exact) mass is 375 g/mol. The maximum atomic E-state index is 12.8. The molecule has 0 aliphatic carbocycles. The molecule has 0 spiro atoms. The quantitative estimate of drug-likeness (QED) is 0.881. The molecule has 0 saturated carbocycles. The zero-order valence-electron chi connectivity index (χ0n) is 16.7. The van der Waals surface area contributed by atoms with E-state index in [0.29, 0.717) is 37.4 Å². The van der Waals surface area contributed by atoms with E-state index in [1.54, 1.807) is 54.8 Å². The van der Waals surface area contributed by atoms with E-state index in [0.717, 1.165) is 0 Å². The van der Waals surface area contributed by atoms with Crippen LogP contribution in [0.15, 0.2) is 24.3 Å². The number of hydrogen-bond acceptors (Lipinski definition) is 4. The first-order chi connectivity index (χ1) is 12.6. The van der Waals surface area contributed by atoms with Crippen LogP contribution >= 0.6 is 0 Å². The highest BCUT2D eigenvalue weighted by atomic mass is 16.6. The first-order valence-electron chi connectivity index (χ1n) is 9.25. The lowest BCUT2D eigenvalue weighted by Gasteiger charge is -2.35. The number of piperazine rings is 1. The van der Waals surface area contributed by atoms with E-state index in [-0.39, 0.29) is 17.7 Å². The van der Waals surface area contributed by atoms with Crippen molar-refractivity contribution < 1.29 is 19.1 Å². The van der Waals surface area contributed by atoms with Gasteiger partial charge in [-0.2, -0.15) is 0 Å². The Labute approximate surface area is 160 Å². The molecule has 1 aromatic rings. The van der Waals surface area contributed by atoms with Crippen LogP contribution in [0.5, 0.6) is 0 Å². The Morgan fingerprint density at radius 2 is 1.63 bits per heavy atom. The molecular weight excluding hydrogens is 346 g/mol. The van der Waals surface area contributed by atoms with E-state index >= 15 is 0 Å². The minimum Gasteiger partial charge on any atom is -0.444 e. The van der Waals surface area contributed by atoms with Gasteiger partial charge in [-0.1, -0.05) is 19.9 Å². The lowest BCUT2D eigenvalue weighted by atomic mass is 10.1. The average Bonchev–Trinajstić information content (AvgIpc) is 2.59. The molecule has 1 aromatic carbocycles. The summed E-state index contributed by atoms with van der Waals surface area (Å²) >= 11 is 0. The lowest BCUT2D eigenvalue weighted by Crippen LogP contribution is -2.51. The molecule has 148 valence electrons. The molecule has 0 bridgehead atoms. The minimum atomic E-state index is -0.593. The zero-order valence-corrected chi connectivity index (χ0v) is 16.7. The highest BCUT2D eigenvalue weighted by Crippen LogP contribution is 2.16. The number of anilines is 1. The Kier molecular flexibility index (Phi) is 6.46. The average molecular weight is 375 g/mol. The largest absolute Gasteiger partial charge is 0.444 e. The van der Waals surface area contributed by atoms with Crippen LogP contribution < -0.4 is 5.32 Å². The van der Waals surface area contributed by atoms with Crippen LogP contribution in [-0.4, -0.2) is 59.5 Å². The summed E-state index contributed by atoms with van der Waals surface area (Å²) in [6.45, 7) is 11.2. The summed E-state index contributed by atoms with van der Waals surface area (Å²) in [5, 5.41) is 2.65. The summed E-state index contributed by atoms with van der Waals surface area (Å²) in [5.41, 5.74) is 0.404. The van der Waals surface area contributed by atoms with Crippen LogP contribution in [0, 0.1) is 5.92 Å². The van der Waals surface area contributed by atoms with E-state index in [2.05, 4.69) is 5.32 Å². The number of ether oxygens (including phenoxy) is 1. The van der Waals surface area contributed by atoms with Gasteiger partial charge in [-0.3, -0.25) is 14.9 Å². The molecule has 0 unspecified atom stereocenters. The van der Waals surface area contributed by atoms with Crippen LogP contribution in [0.1, 0.15) is 45.0 Å². The molecule has 1 saturated heterocycles. The molecule has 3 amide bonds. The van der Waals surface area contributed by atoms with Crippen LogP contribution in [-0.2, 0) is 9.53 Å². The van der Waals surface area contributed by atoms with Gasteiger partial charge >= 0.3 is 6.09 Å². The first kappa shape index (κ1) is 20.7. The van der Waals surface area contributed by atoms with Gasteiger partial charge in [-0.05, 0) is 39.0 Å². The van der Waals surface area contributed by atoms with Gasteiger partial charge in [-0.25, -0.2) is 4.79 Å². The Hall–Kier alpha value is -2.57. The summed E-state index contributed by atoms with van der Waals surface area (Å²) in [5.74, 6) is -0.0343. The van der Waals surface area contributed by atoms with Crippen molar-refractivity contribution in [3.63, 3.8) is 0 Å². The van der Waals surface area contributed by atoms with Gasteiger partial charge < -0.3 is 14.5 Å². The fourth-order valence-corrected chi connectivity index (χ4v) is 2.83. The van der Waals surface area contributed by atoms with E-state index in [4.69, 9.17) is 4.74 Å². The number of nitrogens with one attached hydrogen (secondary N) is 1. The van der Waals surface area contributed by atoms with Crippen molar-refractivity contribution in [3.8, 4) is 0 Å². The maximum absolute atomic E-state index is 12.8. The van der Waals surface area contributed by atoms with Crippen molar-refractivity contribution in [2.45, 2.75) is 40.2 Å². The second-order valence-corrected chi connectivity index (χ2v) is 7.98. The third kappa shape index (κ3) is 5.98. The minimum absolute atomic E-state index is 0.0390. The molecule has 0 atom stereocenters. The van der Waals surface area contributed by atoms with Gasteiger partial charge in [0.05, 0.1) is 0 Å². The number of rotatable bonds is 3. The second kappa shape index (κ2) is 8.41. The van der Waals surface area contributed by atoms with E-state index in [1.165, 1.54) is 0 Å². The molecule has 0 radical (unpaired) electrons. The third-order valence-corrected chi connectivity index (χ3v) is 4.13. The summed E-state index contributed by atoms with van der Waals surface area (Å²) in [6.07, 6.45) is -0.562. The number of hydrogen-bond donors (Lipinski definition) is 1. The predicted molar refractivity (Wildman–Crippen MR) is 104 cm³/mol. The summed E-state index contributed by atoms with van der Waals surface area (Å²) in [6, 6.07) is 6.78. The first-order valence-corrected chi connectivity index (χ1v) is 9.25. The molecule has 1 aliphatic rings. The smallest absolute Gasteiger partial charge is 0.412 e. The van der Waals surface area contributed by atoms with E-state index in [1.807, 2.05) is 13.8 Å². The topological polar surface area (TPSA) is 79.0 Å². The molecule has 1 heterocycles. The second-order valence-electron chi connectivity index (χ2n) is 7.98. The third-order valence-electron chi connectivity index (χ3n) is 4.13. The molecule has 1 fully saturated rings. The molecule has 7 nitrogen and oxygen atoms in total. The Morgan fingerprint density at radius 1 is 1.04 bits per heavy atom. The van der Waals surface area contributed by atoms with Gasteiger partial charge in [0.15, 0.2) is 0 Å². The van der Waals surface area contributed by atoms with Gasteiger partial charge in [0.1, 0.15) is 5.60 Å². The van der Waals surface area contributed by atoms with Gasteiger partial charge in [0.2, 0.25) is 5.91 Å². The number of nitrogens with zero attached hydrogens (tertiary/aromatic N) is 2. The fraction of sp³-hybridized carbons (Fsp3) is 0.550. The molecular formula is C20H29N3O4. The highest BCUT2D eigenvalue weighted by Gasteiger charge is 2.26. The van der Waals surface area contributed by atoms with Crippen molar-refractivity contribution in [3.05, 3.63) is 29.8 Å². The standard InChI is InChI=1S/C20H29N3O4/c1-14(2)17(24)22-9-11-23(12-10-22)18(25)15-7-6-8-16(13-15)21-19(26)27-20(3,4)5/h6-8,13-14H,9-12H2,1-5H3,(H,21,26). The van der Waals surface area contributed by atoms with E-state index < -0.39 is 11.7 Å². The number of benzene rings is 1. The fourth-order valence-electron chi connectivity index (χ4n) is 2.83. The van der Waals surface area contributed by atoms with Crippen molar-refractivity contribution >= 4 is 23.6 Å². The van der Waals surface area contributed by atoms with Crippen LogP contribution in [0.3, 0.4) is 0 Å². The Morgan fingerprint density at radius 3 is 2.19 bits per heavy atom. The van der Waals surface area contributed by atoms with Crippen molar-refractivity contribution in [2.75, 3.05) is 31.5 Å². The molecule has 1 aliphatic heterocycles. The number of carbonyl (C=O) groups is 3. The molecule has 2 rings (SSSR count). The number of carbonyl (C=O) groups excluding carboxylic acids is 3. The SMILES string of the molecule is CC(C)C(=O)N1CCN(C(=O)c2cccc(NC(=O)OC(C)(C)C)c2)CC1. The van der Waals surface area contributed by atoms with Crippen molar-refractivity contribution in [1.29, 1.82) is 0 Å². The normalized spacial score (nSPS) is 14.9. The van der Waals surface area contributed by atoms with Gasteiger partial charge in [-0.15, -0.1) is 0 Å². The predicted octanol–water partition coefficient (Wildman–Crippen LogP) is 2.97. The Bertz CT molecular complexity index is 701. The summed E-state index contributed by atoms with van der Waals surface area (Å²) in [4.78, 5) is 40.2. The van der Waals surface area contributed by atoms with Crippen LogP contribution in [0.25, 0.3) is 0 Å². The van der Waals surface area contributed by atoms with Gasteiger partial charge in [0, 0.05) is 43.3 Å². The van der Waals surface area contributed by atoms with Crippen LogP contribution in [0.4, 0.5) is 10.5 Å². The van der Waals surface area contributed by atoms with Gasteiger partial charge in [0.25, 0.3) is 5.91 Å². The molecule has 1 N–H and O–H groups in total. The Balaban J connectivity index is 1.98. The van der Waals surface area contributed by atoms with Crippen molar-refractivity contribution in [2.24, 2.45) is 5.92 Å². The van der Waals surface area contributed by atoms with Crippen molar-refractivity contribution in [1.82, 2.24) is 9.80 Å². The molecule has 27 heavy (non-hydrogen) atoms. The highest BCUT2D eigenvalue weighted by molar-refractivity contribution is 5.96. The maximum Gasteiger partial charge on any atom is 0.412 e. The summed E-state index contributed by atoms with van der Waals surface area (Å²) < 4.78 is 5.23. The lowest BCUT2D eigenvalue weighted by molar-refractivity contribution is -0.135. The van der Waals surface area contributed by atoms with Crippen LogP contribution in [0.2, 0.25) is 0 Å². The van der Waals surface area contributed by atoms with E-state index in [9.17, 15) is 14.4 Å². The molecule has 0 aromatic heterocycles. The summed E-state index contributed by atoms with van der Waals surface area (Å²) in [7, 11) is 0.